The summed E-state index contributed by atoms with van der Waals surface area (Å²) in [7, 11) is 1.57. The summed E-state index contributed by atoms with van der Waals surface area (Å²) in [4.78, 5) is 28.9. The van der Waals surface area contributed by atoms with E-state index in [9.17, 15) is 9.59 Å². The lowest BCUT2D eigenvalue weighted by atomic mass is 10.2. The number of carbonyl (C=O) groups excluding carboxylic acids is 2. The van der Waals surface area contributed by atoms with E-state index in [1.165, 1.54) is 12.3 Å². The van der Waals surface area contributed by atoms with Crippen LogP contribution in [0.4, 0.5) is 11.4 Å². The second kappa shape index (κ2) is 8.14. The van der Waals surface area contributed by atoms with Gasteiger partial charge in [0, 0.05) is 23.1 Å². The van der Waals surface area contributed by atoms with E-state index >= 15 is 0 Å². The molecule has 0 atom stereocenters. The largest absolute Gasteiger partial charge is 0.497 e. The second-order valence-electron chi connectivity index (χ2n) is 5.94. The normalized spacial score (nSPS) is 10.1. The molecule has 0 unspecified atom stereocenters. The first kappa shape index (κ1) is 18.1. The van der Waals surface area contributed by atoms with Crippen LogP contribution in [0.25, 0.3) is 0 Å². The maximum absolute atomic E-state index is 12.4. The number of hydrogen-bond donors (Lipinski definition) is 2. The minimum absolute atomic E-state index is 0.155. The molecule has 2 aromatic carbocycles. The SMILES string of the molecule is COc1ccc(NC(=O)c2cc(C(=O)Nc3cccc(C)c3)ccn2)cc1. The number of ether oxygens (including phenoxy) is 1. The number of methoxy groups -OCH3 is 1. The van der Waals surface area contributed by atoms with Gasteiger partial charge >= 0.3 is 0 Å². The van der Waals surface area contributed by atoms with Gasteiger partial charge in [0.15, 0.2) is 0 Å². The molecular weight excluding hydrogens is 342 g/mol. The molecule has 0 aliphatic heterocycles. The number of anilines is 2. The molecule has 0 aliphatic rings. The van der Waals surface area contributed by atoms with Crippen LogP contribution in [0, 0.1) is 6.92 Å². The fourth-order valence-electron chi connectivity index (χ4n) is 2.49. The molecular formula is C21H19N3O3. The molecule has 1 aromatic heterocycles. The summed E-state index contributed by atoms with van der Waals surface area (Å²) < 4.78 is 5.09. The summed E-state index contributed by atoms with van der Waals surface area (Å²) >= 11 is 0. The van der Waals surface area contributed by atoms with Crippen LogP contribution in [-0.4, -0.2) is 23.9 Å². The van der Waals surface area contributed by atoms with Gasteiger partial charge in [0.05, 0.1) is 7.11 Å². The molecule has 1 heterocycles. The summed E-state index contributed by atoms with van der Waals surface area (Å²) in [6.07, 6.45) is 1.44. The van der Waals surface area contributed by atoms with Gasteiger partial charge in [-0.25, -0.2) is 0 Å². The molecule has 0 fully saturated rings. The molecule has 0 radical (unpaired) electrons. The summed E-state index contributed by atoms with van der Waals surface area (Å²) in [5.41, 5.74) is 2.86. The lowest BCUT2D eigenvalue weighted by Gasteiger charge is -2.08. The van der Waals surface area contributed by atoms with Crippen molar-refractivity contribution in [3.05, 3.63) is 83.7 Å². The van der Waals surface area contributed by atoms with Crippen molar-refractivity contribution in [3.63, 3.8) is 0 Å². The lowest BCUT2D eigenvalue weighted by molar-refractivity contribution is 0.102. The van der Waals surface area contributed by atoms with Crippen molar-refractivity contribution in [1.82, 2.24) is 4.98 Å². The minimum atomic E-state index is -0.398. The third-order valence-corrected chi connectivity index (χ3v) is 3.88. The Bertz CT molecular complexity index is 968. The predicted molar refractivity (Wildman–Crippen MR) is 104 cm³/mol. The second-order valence-corrected chi connectivity index (χ2v) is 5.94. The highest BCUT2D eigenvalue weighted by atomic mass is 16.5. The molecule has 0 saturated carbocycles. The summed E-state index contributed by atoms with van der Waals surface area (Å²) in [6.45, 7) is 1.95. The minimum Gasteiger partial charge on any atom is -0.497 e. The van der Waals surface area contributed by atoms with Gasteiger partial charge in [-0.15, -0.1) is 0 Å². The predicted octanol–water partition coefficient (Wildman–Crippen LogP) is 3.90. The van der Waals surface area contributed by atoms with Gasteiger partial charge in [0.2, 0.25) is 0 Å². The molecule has 3 rings (SSSR count). The molecule has 0 spiro atoms. The van der Waals surface area contributed by atoms with Crippen LogP contribution >= 0.6 is 0 Å². The highest BCUT2D eigenvalue weighted by Gasteiger charge is 2.12. The Labute approximate surface area is 157 Å². The van der Waals surface area contributed by atoms with E-state index in [4.69, 9.17) is 4.74 Å². The van der Waals surface area contributed by atoms with E-state index in [-0.39, 0.29) is 11.6 Å². The maximum Gasteiger partial charge on any atom is 0.274 e. The first-order valence-corrected chi connectivity index (χ1v) is 8.34. The van der Waals surface area contributed by atoms with Crippen LogP contribution in [0.2, 0.25) is 0 Å². The van der Waals surface area contributed by atoms with Crippen molar-refractivity contribution in [2.24, 2.45) is 0 Å². The highest BCUT2D eigenvalue weighted by Crippen LogP contribution is 2.16. The first-order chi connectivity index (χ1) is 13.0. The van der Waals surface area contributed by atoms with Gasteiger partial charge in [-0.3, -0.25) is 14.6 Å². The number of pyridine rings is 1. The number of aromatic nitrogens is 1. The molecule has 6 nitrogen and oxygen atoms in total. The number of nitrogens with zero attached hydrogens (tertiary/aromatic N) is 1. The molecule has 0 saturated heterocycles. The molecule has 136 valence electrons. The Morgan fingerprint density at radius 2 is 1.63 bits per heavy atom. The topological polar surface area (TPSA) is 80.3 Å². The average Bonchev–Trinajstić information content (AvgIpc) is 2.68. The van der Waals surface area contributed by atoms with E-state index in [1.807, 2.05) is 31.2 Å². The zero-order valence-electron chi connectivity index (χ0n) is 15.0. The lowest BCUT2D eigenvalue weighted by Crippen LogP contribution is -2.17. The number of amides is 2. The van der Waals surface area contributed by atoms with Crippen LogP contribution in [0.15, 0.2) is 66.9 Å². The summed E-state index contributed by atoms with van der Waals surface area (Å²) in [6, 6.07) is 17.5. The van der Waals surface area contributed by atoms with Crippen molar-refractivity contribution >= 4 is 23.2 Å². The van der Waals surface area contributed by atoms with Crippen LogP contribution in [0.3, 0.4) is 0 Å². The third-order valence-electron chi connectivity index (χ3n) is 3.88. The average molecular weight is 361 g/mol. The van der Waals surface area contributed by atoms with E-state index < -0.39 is 5.91 Å². The van der Waals surface area contributed by atoms with Gasteiger partial charge in [0.1, 0.15) is 11.4 Å². The third kappa shape index (κ3) is 4.70. The number of benzene rings is 2. The van der Waals surface area contributed by atoms with Crippen molar-refractivity contribution in [1.29, 1.82) is 0 Å². The Balaban J connectivity index is 1.71. The Hall–Kier alpha value is -3.67. The van der Waals surface area contributed by atoms with Gasteiger partial charge in [-0.05, 0) is 61.0 Å². The number of nitrogens with one attached hydrogen (secondary N) is 2. The fraction of sp³-hybridized carbons (Fsp3) is 0.0952. The van der Waals surface area contributed by atoms with Crippen LogP contribution < -0.4 is 15.4 Å². The van der Waals surface area contributed by atoms with Crippen molar-refractivity contribution < 1.29 is 14.3 Å². The number of rotatable bonds is 5. The molecule has 0 bridgehead atoms. The number of carbonyl (C=O) groups is 2. The van der Waals surface area contributed by atoms with Gasteiger partial charge in [-0.1, -0.05) is 12.1 Å². The zero-order valence-corrected chi connectivity index (χ0v) is 15.0. The van der Waals surface area contributed by atoms with E-state index in [0.29, 0.717) is 22.7 Å². The molecule has 27 heavy (non-hydrogen) atoms. The molecule has 3 aromatic rings. The Kier molecular flexibility index (Phi) is 5.47. The Morgan fingerprint density at radius 3 is 2.33 bits per heavy atom. The summed E-state index contributed by atoms with van der Waals surface area (Å²) in [5, 5.41) is 5.56. The van der Waals surface area contributed by atoms with E-state index in [0.717, 1.165) is 5.56 Å². The van der Waals surface area contributed by atoms with Crippen molar-refractivity contribution in [2.45, 2.75) is 6.92 Å². The smallest absolute Gasteiger partial charge is 0.274 e. The Morgan fingerprint density at radius 1 is 0.889 bits per heavy atom. The van der Waals surface area contributed by atoms with Crippen LogP contribution in [0.5, 0.6) is 5.75 Å². The standard InChI is InChI=1S/C21H19N3O3/c1-14-4-3-5-17(12-14)24-20(25)15-10-11-22-19(13-15)21(26)23-16-6-8-18(27-2)9-7-16/h3-13H,1-2H3,(H,23,26)(H,24,25). The zero-order chi connectivity index (χ0) is 19.2. The van der Waals surface area contributed by atoms with Crippen LogP contribution in [-0.2, 0) is 0 Å². The highest BCUT2D eigenvalue weighted by molar-refractivity contribution is 6.07. The van der Waals surface area contributed by atoms with Gasteiger partial charge in [-0.2, -0.15) is 0 Å². The van der Waals surface area contributed by atoms with Gasteiger partial charge in [0.25, 0.3) is 11.8 Å². The maximum atomic E-state index is 12.4. The van der Waals surface area contributed by atoms with Crippen molar-refractivity contribution in [2.75, 3.05) is 17.7 Å². The van der Waals surface area contributed by atoms with Crippen LogP contribution in [0.1, 0.15) is 26.4 Å². The van der Waals surface area contributed by atoms with Gasteiger partial charge < -0.3 is 15.4 Å². The van der Waals surface area contributed by atoms with E-state index in [2.05, 4.69) is 15.6 Å². The van der Waals surface area contributed by atoms with Crippen molar-refractivity contribution in [3.8, 4) is 5.75 Å². The molecule has 2 amide bonds. The first-order valence-electron chi connectivity index (χ1n) is 8.34. The molecule has 2 N–H and O–H groups in total. The molecule has 6 heteroatoms. The molecule has 0 aliphatic carbocycles. The van der Waals surface area contributed by atoms with E-state index in [1.54, 1.807) is 37.4 Å². The fourth-order valence-corrected chi connectivity index (χ4v) is 2.49. The monoisotopic (exact) mass is 361 g/mol. The number of hydrogen-bond acceptors (Lipinski definition) is 4. The quantitative estimate of drug-likeness (QED) is 0.722. The summed E-state index contributed by atoms with van der Waals surface area (Å²) in [5.74, 6) is -0.00666. The number of aryl methyl sites for hydroxylation is 1.